The lowest BCUT2D eigenvalue weighted by atomic mass is 10.3. The molecule has 8 heteroatoms. The number of H-pyrrole nitrogens is 2. The molecule has 2 aromatic rings. The van der Waals surface area contributed by atoms with Gasteiger partial charge in [-0.15, -0.1) is 4.91 Å². The van der Waals surface area contributed by atoms with E-state index in [1.807, 2.05) is 11.1 Å². The van der Waals surface area contributed by atoms with E-state index in [1.165, 1.54) is 0 Å². The second-order valence-corrected chi connectivity index (χ2v) is 3.34. The van der Waals surface area contributed by atoms with E-state index in [2.05, 4.69) is 21.0 Å². The van der Waals surface area contributed by atoms with Crippen LogP contribution in [0.15, 0.2) is 45.1 Å². The average molecular weight is 247 g/mol. The third-order valence-electron chi connectivity index (χ3n) is 2.11. The maximum absolute atomic E-state index is 11.3. The van der Waals surface area contributed by atoms with Crippen molar-refractivity contribution in [3.8, 4) is 0 Å². The van der Waals surface area contributed by atoms with Crippen LogP contribution in [0.2, 0.25) is 0 Å². The fourth-order valence-corrected chi connectivity index (χ4v) is 1.31. The normalized spacial score (nSPS) is 9.78. The highest BCUT2D eigenvalue weighted by atomic mass is 16.3. The van der Waals surface area contributed by atoms with Crippen LogP contribution >= 0.6 is 0 Å². The number of nitrogens with one attached hydrogen (secondary N) is 4. The molecule has 4 N–H and O–H groups in total. The van der Waals surface area contributed by atoms with Crippen molar-refractivity contribution in [3.63, 3.8) is 0 Å². The van der Waals surface area contributed by atoms with Gasteiger partial charge in [0, 0.05) is 0 Å². The Hall–Kier alpha value is -2.90. The summed E-state index contributed by atoms with van der Waals surface area (Å²) in [5.74, 6) is -0.0948. The van der Waals surface area contributed by atoms with Crippen molar-refractivity contribution in [3.05, 3.63) is 56.1 Å². The van der Waals surface area contributed by atoms with Crippen LogP contribution in [0.25, 0.3) is 0 Å². The second-order valence-electron chi connectivity index (χ2n) is 3.34. The monoisotopic (exact) mass is 247 g/mol. The summed E-state index contributed by atoms with van der Waals surface area (Å²) >= 11 is 0. The molecule has 1 heterocycles. The van der Waals surface area contributed by atoms with E-state index >= 15 is 0 Å². The van der Waals surface area contributed by atoms with Crippen LogP contribution in [-0.4, -0.2) is 9.97 Å². The van der Waals surface area contributed by atoms with Gasteiger partial charge in [-0.3, -0.25) is 25.6 Å². The van der Waals surface area contributed by atoms with Gasteiger partial charge in [-0.1, -0.05) is 18.2 Å². The third kappa shape index (κ3) is 2.43. The van der Waals surface area contributed by atoms with E-state index in [0.29, 0.717) is 5.69 Å². The molecule has 0 aliphatic rings. The summed E-state index contributed by atoms with van der Waals surface area (Å²) in [6.45, 7) is 0. The predicted octanol–water partition coefficient (Wildman–Crippen LogP) is 0.900. The van der Waals surface area contributed by atoms with Crippen molar-refractivity contribution in [1.29, 1.82) is 0 Å². The van der Waals surface area contributed by atoms with E-state index in [9.17, 15) is 14.5 Å². The van der Waals surface area contributed by atoms with Crippen molar-refractivity contribution in [1.82, 2.24) is 9.97 Å². The van der Waals surface area contributed by atoms with E-state index in [4.69, 9.17) is 0 Å². The minimum absolute atomic E-state index is 0.0948. The summed E-state index contributed by atoms with van der Waals surface area (Å²) < 4.78 is 0. The number of hydrogen-bond donors (Lipinski definition) is 4. The van der Waals surface area contributed by atoms with Gasteiger partial charge in [0.15, 0.2) is 5.82 Å². The van der Waals surface area contributed by atoms with Crippen LogP contribution in [0.1, 0.15) is 0 Å². The van der Waals surface area contributed by atoms with E-state index in [-0.39, 0.29) is 5.82 Å². The molecule has 0 aliphatic heterocycles. The Morgan fingerprint density at radius 2 is 1.72 bits per heavy atom. The molecule has 0 amide bonds. The van der Waals surface area contributed by atoms with Crippen LogP contribution in [-0.2, 0) is 0 Å². The number of hydrazine groups is 1. The second kappa shape index (κ2) is 4.95. The van der Waals surface area contributed by atoms with Crippen molar-refractivity contribution in [2.24, 2.45) is 5.18 Å². The lowest BCUT2D eigenvalue weighted by Gasteiger charge is -2.09. The molecule has 0 spiro atoms. The van der Waals surface area contributed by atoms with Gasteiger partial charge < -0.3 is 0 Å². The van der Waals surface area contributed by atoms with Crippen LogP contribution < -0.4 is 22.1 Å². The summed E-state index contributed by atoms with van der Waals surface area (Å²) in [4.78, 5) is 37.0. The molecular formula is C10H9N5O3. The Morgan fingerprint density at radius 3 is 2.39 bits per heavy atom. The summed E-state index contributed by atoms with van der Waals surface area (Å²) in [5, 5.41) is 2.56. The standard InChI is InChI=1S/C10H9N5O3/c16-9-7(15-18)8(11-10(17)12-9)14-13-6-4-2-1-3-5-6/h1-5,13H,(H3,11,12,14,16,17). The summed E-state index contributed by atoms with van der Waals surface area (Å²) in [5.41, 5.74) is 3.93. The molecule has 0 atom stereocenters. The minimum atomic E-state index is -0.855. The van der Waals surface area contributed by atoms with Crippen molar-refractivity contribution in [2.45, 2.75) is 0 Å². The lowest BCUT2D eigenvalue weighted by Crippen LogP contribution is -2.25. The molecule has 0 radical (unpaired) electrons. The van der Waals surface area contributed by atoms with Crippen LogP contribution in [0.3, 0.4) is 0 Å². The Bertz CT molecular complexity index is 661. The van der Waals surface area contributed by atoms with Crippen molar-refractivity contribution >= 4 is 17.2 Å². The van der Waals surface area contributed by atoms with Gasteiger partial charge in [0.1, 0.15) is 0 Å². The number of nitroso groups, excluding NO2 is 1. The topological polar surface area (TPSA) is 119 Å². The van der Waals surface area contributed by atoms with Crippen LogP contribution in [0.5, 0.6) is 0 Å². The number of benzene rings is 1. The maximum Gasteiger partial charge on any atom is 0.327 e. The zero-order chi connectivity index (χ0) is 13.0. The van der Waals surface area contributed by atoms with Crippen LogP contribution in [0, 0.1) is 4.91 Å². The zero-order valence-electron chi connectivity index (χ0n) is 9.06. The highest BCUT2D eigenvalue weighted by Gasteiger charge is 2.09. The van der Waals surface area contributed by atoms with Crippen molar-refractivity contribution < 1.29 is 0 Å². The maximum atomic E-state index is 11.3. The summed E-state index contributed by atoms with van der Waals surface area (Å²) in [6.07, 6.45) is 0. The largest absolute Gasteiger partial charge is 0.327 e. The molecule has 1 aromatic carbocycles. The lowest BCUT2D eigenvalue weighted by molar-refractivity contribution is 1.03. The number of para-hydroxylation sites is 1. The first-order valence-electron chi connectivity index (χ1n) is 4.98. The Balaban J connectivity index is 2.27. The van der Waals surface area contributed by atoms with Gasteiger partial charge in [0.25, 0.3) is 5.56 Å². The average Bonchev–Trinajstić information content (AvgIpc) is 2.37. The molecule has 0 saturated carbocycles. The van der Waals surface area contributed by atoms with E-state index < -0.39 is 16.9 Å². The van der Waals surface area contributed by atoms with Gasteiger partial charge in [-0.05, 0) is 17.3 Å². The first-order chi connectivity index (χ1) is 8.70. The quantitative estimate of drug-likeness (QED) is 0.472. The highest BCUT2D eigenvalue weighted by molar-refractivity contribution is 5.61. The summed E-state index contributed by atoms with van der Waals surface area (Å²) in [7, 11) is 0. The number of anilines is 2. The Morgan fingerprint density at radius 1 is 1.00 bits per heavy atom. The van der Waals surface area contributed by atoms with Gasteiger partial charge in [-0.2, -0.15) is 0 Å². The fourth-order valence-electron chi connectivity index (χ4n) is 1.31. The van der Waals surface area contributed by atoms with Gasteiger partial charge >= 0.3 is 5.69 Å². The zero-order valence-corrected chi connectivity index (χ0v) is 9.06. The highest BCUT2D eigenvalue weighted by Crippen LogP contribution is 2.14. The smallest absolute Gasteiger partial charge is 0.300 e. The molecule has 0 aliphatic carbocycles. The van der Waals surface area contributed by atoms with Gasteiger partial charge in [0.05, 0.1) is 5.69 Å². The number of nitrogens with zero attached hydrogens (tertiary/aromatic N) is 1. The number of aromatic amines is 2. The molecule has 2 rings (SSSR count). The van der Waals surface area contributed by atoms with Crippen molar-refractivity contribution in [2.75, 3.05) is 10.9 Å². The number of hydrogen-bond acceptors (Lipinski definition) is 6. The Labute approximate surface area is 100 Å². The minimum Gasteiger partial charge on any atom is -0.300 e. The predicted molar refractivity (Wildman–Crippen MR) is 66.8 cm³/mol. The third-order valence-corrected chi connectivity index (χ3v) is 2.11. The number of aromatic nitrogens is 2. The first-order valence-corrected chi connectivity index (χ1v) is 4.98. The number of rotatable bonds is 4. The molecule has 1 aromatic heterocycles. The molecule has 8 nitrogen and oxygen atoms in total. The summed E-state index contributed by atoms with van der Waals surface area (Å²) in [6, 6.07) is 8.93. The van der Waals surface area contributed by atoms with Gasteiger partial charge in [-0.25, -0.2) is 4.79 Å². The molecule has 0 bridgehead atoms. The first kappa shape index (κ1) is 11.6. The van der Waals surface area contributed by atoms with Crippen LogP contribution in [0.4, 0.5) is 17.2 Å². The Kier molecular flexibility index (Phi) is 3.19. The molecular weight excluding hydrogens is 238 g/mol. The van der Waals surface area contributed by atoms with Gasteiger partial charge in [0.2, 0.25) is 5.69 Å². The van der Waals surface area contributed by atoms with E-state index in [1.54, 1.807) is 24.3 Å². The fraction of sp³-hybridized carbons (Fsp3) is 0. The molecule has 0 saturated heterocycles. The van der Waals surface area contributed by atoms with E-state index in [0.717, 1.165) is 0 Å². The molecule has 18 heavy (non-hydrogen) atoms. The molecule has 0 unspecified atom stereocenters. The molecule has 0 fully saturated rings. The SMILES string of the molecule is O=Nc1c(NNc2ccccc2)[nH]c(=O)[nH]c1=O. The molecule has 92 valence electrons.